The third kappa shape index (κ3) is 8.14. The highest BCUT2D eigenvalue weighted by molar-refractivity contribution is 5.94. The number of nitrogens with zero attached hydrogens (tertiary/aromatic N) is 2. The van der Waals surface area contributed by atoms with E-state index in [1.165, 1.54) is 10.7 Å². The van der Waals surface area contributed by atoms with Crippen molar-refractivity contribution in [2.75, 3.05) is 0 Å². The van der Waals surface area contributed by atoms with Gasteiger partial charge in [0.25, 0.3) is 5.91 Å². The van der Waals surface area contributed by atoms with Crippen LogP contribution in [0.3, 0.4) is 0 Å². The van der Waals surface area contributed by atoms with Crippen molar-refractivity contribution in [1.82, 2.24) is 20.4 Å². The molecule has 2 aliphatic rings. The molecule has 9 heteroatoms. The number of rotatable bonds is 12. The second-order valence-corrected chi connectivity index (χ2v) is 11.2. The Hall–Kier alpha value is -3.82. The summed E-state index contributed by atoms with van der Waals surface area (Å²) in [5.41, 5.74) is 2.46. The van der Waals surface area contributed by atoms with Gasteiger partial charge in [0, 0.05) is 0 Å². The number of aldehydes is 1. The molecule has 2 aromatic carbocycles. The van der Waals surface area contributed by atoms with Crippen LogP contribution in [-0.2, 0) is 34.0 Å². The summed E-state index contributed by atoms with van der Waals surface area (Å²) in [6.07, 6.45) is 7.82. The van der Waals surface area contributed by atoms with Gasteiger partial charge in [0.15, 0.2) is 6.29 Å². The molecule has 4 atom stereocenters. The van der Waals surface area contributed by atoms with Gasteiger partial charge in [0.05, 0.1) is 37.5 Å². The van der Waals surface area contributed by atoms with E-state index in [0.29, 0.717) is 19.5 Å². The van der Waals surface area contributed by atoms with Crippen LogP contribution in [0.25, 0.3) is 0 Å². The van der Waals surface area contributed by atoms with Crippen LogP contribution in [0.5, 0.6) is 0 Å². The lowest BCUT2D eigenvalue weighted by Gasteiger charge is -2.32. The fraction of sp³-hybridized carbons (Fsp3) is 0.455. The summed E-state index contributed by atoms with van der Waals surface area (Å²) < 4.78 is 13.7. The molecular weight excluding hydrogens is 532 g/mol. The zero-order valence-corrected chi connectivity index (χ0v) is 24.0. The minimum Gasteiger partial charge on any atom is -0.371 e. The topological polar surface area (TPSA) is 112 Å². The highest BCUT2D eigenvalue weighted by Crippen LogP contribution is 2.24. The molecule has 0 unspecified atom stereocenters. The van der Waals surface area contributed by atoms with Gasteiger partial charge in [-0.05, 0) is 42.9 Å². The minimum atomic E-state index is -0.370. The van der Waals surface area contributed by atoms with Gasteiger partial charge < -0.3 is 20.1 Å². The van der Waals surface area contributed by atoms with Crippen molar-refractivity contribution in [1.29, 1.82) is 0 Å². The van der Waals surface area contributed by atoms with Crippen molar-refractivity contribution < 1.29 is 23.9 Å². The Bertz CT molecular complexity index is 1310. The van der Waals surface area contributed by atoms with E-state index in [0.717, 1.165) is 62.5 Å². The first-order valence-corrected chi connectivity index (χ1v) is 15.0. The summed E-state index contributed by atoms with van der Waals surface area (Å²) in [6.45, 7) is 0.793. The van der Waals surface area contributed by atoms with Gasteiger partial charge in [-0.1, -0.05) is 86.3 Å². The van der Waals surface area contributed by atoms with E-state index in [2.05, 4.69) is 15.7 Å². The molecule has 5 rings (SSSR count). The number of ether oxygens (including phenoxy) is 2. The van der Waals surface area contributed by atoms with Gasteiger partial charge >= 0.3 is 0 Å². The highest BCUT2D eigenvalue weighted by atomic mass is 16.5. The maximum absolute atomic E-state index is 13.4. The highest BCUT2D eigenvalue weighted by Gasteiger charge is 2.30. The van der Waals surface area contributed by atoms with Crippen LogP contribution in [0.15, 0.2) is 66.7 Å². The van der Waals surface area contributed by atoms with Crippen molar-refractivity contribution in [3.05, 3.63) is 89.2 Å². The molecule has 0 saturated heterocycles. The summed E-state index contributed by atoms with van der Waals surface area (Å²) in [6, 6.07) is 21.1. The van der Waals surface area contributed by atoms with Gasteiger partial charge in [-0.3, -0.25) is 14.4 Å². The van der Waals surface area contributed by atoms with E-state index >= 15 is 0 Å². The molecule has 2 amide bonds. The summed E-state index contributed by atoms with van der Waals surface area (Å²) in [5, 5.41) is 10.4. The lowest BCUT2D eigenvalue weighted by molar-refractivity contribution is -0.124. The van der Waals surface area contributed by atoms with Crippen molar-refractivity contribution in [3.63, 3.8) is 0 Å². The quantitative estimate of drug-likeness (QED) is 0.307. The van der Waals surface area contributed by atoms with Crippen molar-refractivity contribution in [2.24, 2.45) is 0 Å². The number of hydrogen-bond donors (Lipinski definition) is 2. The van der Waals surface area contributed by atoms with Gasteiger partial charge in [-0.15, -0.1) is 0 Å². The van der Waals surface area contributed by atoms with Gasteiger partial charge in [-0.25, -0.2) is 4.68 Å². The number of aromatic nitrogens is 2. The fourth-order valence-corrected chi connectivity index (χ4v) is 5.91. The molecule has 0 radical (unpaired) electrons. The van der Waals surface area contributed by atoms with E-state index in [1.54, 1.807) is 0 Å². The lowest BCUT2D eigenvalue weighted by atomic mass is 9.92. The minimum absolute atomic E-state index is 0.0899. The maximum atomic E-state index is 13.4. The van der Waals surface area contributed by atoms with Crippen molar-refractivity contribution in [3.8, 4) is 0 Å². The molecule has 42 heavy (non-hydrogen) atoms. The molecule has 2 fully saturated rings. The van der Waals surface area contributed by atoms with Gasteiger partial charge in [-0.2, -0.15) is 5.10 Å². The predicted molar refractivity (Wildman–Crippen MR) is 158 cm³/mol. The molecule has 9 nitrogen and oxygen atoms in total. The molecule has 0 aliphatic heterocycles. The maximum Gasteiger partial charge on any atom is 0.269 e. The Balaban J connectivity index is 1.19. The third-order valence-corrected chi connectivity index (χ3v) is 8.13. The Labute approximate surface area is 247 Å². The Kier molecular flexibility index (Phi) is 10.5. The SMILES string of the molecule is O=Cc1cc(C(=O)N[C@H]2CCCC[C@@H]2OCc2ccccc2)n(CC(=O)N[C@H]2CCCC[C@@H]2OCc2ccccc2)n1. The lowest BCUT2D eigenvalue weighted by Crippen LogP contribution is -2.48. The number of carbonyl (C=O) groups is 3. The van der Waals surface area contributed by atoms with E-state index in [1.807, 2.05) is 60.7 Å². The van der Waals surface area contributed by atoms with E-state index in [-0.39, 0.29) is 54.0 Å². The summed E-state index contributed by atoms with van der Waals surface area (Å²) in [7, 11) is 0. The monoisotopic (exact) mass is 572 g/mol. The molecule has 0 bridgehead atoms. The molecular formula is C33H40N4O5. The smallest absolute Gasteiger partial charge is 0.269 e. The molecule has 1 aromatic heterocycles. The van der Waals surface area contributed by atoms with E-state index in [4.69, 9.17) is 9.47 Å². The van der Waals surface area contributed by atoms with Crippen molar-refractivity contribution >= 4 is 18.1 Å². The molecule has 222 valence electrons. The molecule has 0 spiro atoms. The molecule has 2 saturated carbocycles. The second-order valence-electron chi connectivity index (χ2n) is 11.2. The predicted octanol–water partition coefficient (Wildman–Crippen LogP) is 4.60. The summed E-state index contributed by atoms with van der Waals surface area (Å²) in [5.74, 6) is -0.642. The molecule has 3 aromatic rings. The largest absolute Gasteiger partial charge is 0.371 e. The number of hydrogen-bond acceptors (Lipinski definition) is 6. The Morgan fingerprint density at radius 1 is 0.786 bits per heavy atom. The van der Waals surface area contributed by atoms with Crippen LogP contribution >= 0.6 is 0 Å². The average molecular weight is 573 g/mol. The van der Waals surface area contributed by atoms with Crippen LogP contribution in [-0.4, -0.2) is 52.2 Å². The Morgan fingerprint density at radius 3 is 1.86 bits per heavy atom. The van der Waals surface area contributed by atoms with E-state index < -0.39 is 0 Å². The standard InChI is InChI=1S/C33H40N4O5/c38-21-26-19-29(33(40)35-28-16-8-10-18-31(28)42-23-25-13-5-2-6-14-25)37(36-26)20-32(39)34-27-15-7-9-17-30(27)41-22-24-11-3-1-4-12-24/h1-6,11-14,19,21,27-28,30-31H,7-10,15-18,20,22-23H2,(H,34,39)(H,35,40)/t27-,28-,30-,31-/m0/s1. The van der Waals surface area contributed by atoms with Crippen LogP contribution in [0.4, 0.5) is 0 Å². The van der Waals surface area contributed by atoms with Crippen LogP contribution < -0.4 is 10.6 Å². The molecule has 2 N–H and O–H groups in total. The molecule has 1 heterocycles. The summed E-state index contributed by atoms with van der Waals surface area (Å²) >= 11 is 0. The van der Waals surface area contributed by atoms with Crippen LogP contribution in [0.2, 0.25) is 0 Å². The average Bonchev–Trinajstić information content (AvgIpc) is 3.44. The fourth-order valence-electron chi connectivity index (χ4n) is 5.91. The number of benzene rings is 2. The zero-order valence-electron chi connectivity index (χ0n) is 24.0. The number of carbonyl (C=O) groups excluding carboxylic acids is 3. The van der Waals surface area contributed by atoms with Crippen LogP contribution in [0.1, 0.15) is 83.5 Å². The van der Waals surface area contributed by atoms with Crippen molar-refractivity contribution in [2.45, 2.75) is 95.4 Å². The number of amides is 2. The number of nitrogens with one attached hydrogen (secondary N) is 2. The first kappa shape index (κ1) is 29.7. The normalized spacial score (nSPS) is 22.3. The second kappa shape index (κ2) is 14.9. The molecule has 2 aliphatic carbocycles. The summed E-state index contributed by atoms with van der Waals surface area (Å²) in [4.78, 5) is 38.1. The van der Waals surface area contributed by atoms with Gasteiger partial charge in [0.1, 0.15) is 17.9 Å². The first-order chi connectivity index (χ1) is 20.6. The zero-order chi connectivity index (χ0) is 29.1. The first-order valence-electron chi connectivity index (χ1n) is 15.0. The van der Waals surface area contributed by atoms with Gasteiger partial charge in [0.2, 0.25) is 5.91 Å². The van der Waals surface area contributed by atoms with E-state index in [9.17, 15) is 14.4 Å². The Morgan fingerprint density at radius 2 is 1.31 bits per heavy atom. The third-order valence-electron chi connectivity index (χ3n) is 8.13. The van der Waals surface area contributed by atoms with Crippen LogP contribution in [0, 0.1) is 0 Å².